The molecule has 5 nitrogen and oxygen atoms in total. The molecule has 1 N–H and O–H groups in total. The summed E-state index contributed by atoms with van der Waals surface area (Å²) in [4.78, 5) is 12.4. The zero-order valence-electron chi connectivity index (χ0n) is 11.8. The number of aromatic hydroxyl groups is 1. The fourth-order valence-corrected chi connectivity index (χ4v) is 2.29. The van der Waals surface area contributed by atoms with Gasteiger partial charge >= 0.3 is 11.9 Å². The van der Waals surface area contributed by atoms with Gasteiger partial charge in [0, 0.05) is 5.02 Å². The third-order valence-electron chi connectivity index (χ3n) is 3.31. The Balaban J connectivity index is 2.05. The van der Waals surface area contributed by atoms with Crippen LogP contribution in [-0.4, -0.2) is 19.5 Å². The molecule has 0 saturated heterocycles. The van der Waals surface area contributed by atoms with Gasteiger partial charge in [-0.05, 0) is 42.5 Å². The summed E-state index contributed by atoms with van der Waals surface area (Å²) in [6, 6.07) is 8.14. The fraction of sp³-hybridized carbons (Fsp3) is 0.0667. The largest absolute Gasteiger partial charge is 0.506 e. The highest BCUT2D eigenvalue weighted by atomic mass is 35.5. The van der Waals surface area contributed by atoms with E-state index in [4.69, 9.17) is 11.6 Å². The lowest BCUT2D eigenvalue weighted by Crippen LogP contribution is -2.22. The van der Waals surface area contributed by atoms with Gasteiger partial charge in [0.2, 0.25) is 0 Å². The summed E-state index contributed by atoms with van der Waals surface area (Å²) in [5, 5.41) is 14.0. The van der Waals surface area contributed by atoms with Crippen molar-refractivity contribution in [3.05, 3.63) is 69.9 Å². The van der Waals surface area contributed by atoms with Gasteiger partial charge in [-0.25, -0.2) is 9.36 Å². The maximum atomic E-state index is 12.6. The van der Waals surface area contributed by atoms with Gasteiger partial charge in [0.15, 0.2) is 0 Å². The first-order valence-electron chi connectivity index (χ1n) is 6.60. The first-order chi connectivity index (χ1) is 11.3. The van der Waals surface area contributed by atoms with Gasteiger partial charge in [0.1, 0.15) is 12.1 Å². The lowest BCUT2D eigenvalue weighted by atomic mass is 10.2. The fourth-order valence-electron chi connectivity index (χ4n) is 2.13. The smallest absolute Gasteiger partial charge is 0.416 e. The lowest BCUT2D eigenvalue weighted by Gasteiger charge is -2.07. The predicted octanol–water partition coefficient (Wildman–Crippen LogP) is 3.40. The molecule has 3 aromatic rings. The number of phenolic OH excluding ortho intramolecular Hbond substituents is 1. The number of benzene rings is 2. The van der Waals surface area contributed by atoms with Crippen molar-refractivity contribution in [2.24, 2.45) is 0 Å². The molecule has 1 heterocycles. The third kappa shape index (κ3) is 2.88. The van der Waals surface area contributed by atoms with Gasteiger partial charge in [0.05, 0.1) is 16.9 Å². The molecule has 0 atom stereocenters. The first-order valence-corrected chi connectivity index (χ1v) is 6.98. The van der Waals surface area contributed by atoms with E-state index in [1.54, 1.807) is 0 Å². The van der Waals surface area contributed by atoms with E-state index in [2.05, 4.69) is 5.10 Å². The SMILES string of the molecule is O=c1n(-c2cc(Cl)ccc2O)cnn1-c1ccc(C(F)(F)F)cc1. The van der Waals surface area contributed by atoms with Gasteiger partial charge in [-0.15, -0.1) is 0 Å². The minimum absolute atomic E-state index is 0.116. The molecule has 0 aliphatic heterocycles. The molecule has 0 spiro atoms. The lowest BCUT2D eigenvalue weighted by molar-refractivity contribution is -0.137. The van der Waals surface area contributed by atoms with Crippen LogP contribution >= 0.6 is 11.6 Å². The molecular formula is C15H9ClF3N3O2. The average Bonchev–Trinajstić information content (AvgIpc) is 2.90. The number of rotatable bonds is 2. The molecule has 3 rings (SSSR count). The Bertz CT molecular complexity index is 946. The summed E-state index contributed by atoms with van der Waals surface area (Å²) in [7, 11) is 0. The maximum Gasteiger partial charge on any atom is 0.416 e. The highest BCUT2D eigenvalue weighted by Crippen LogP contribution is 2.29. The number of hydrogen-bond acceptors (Lipinski definition) is 3. The second-order valence-electron chi connectivity index (χ2n) is 4.87. The minimum atomic E-state index is -4.46. The zero-order valence-corrected chi connectivity index (χ0v) is 12.6. The second kappa shape index (κ2) is 5.72. The van der Waals surface area contributed by atoms with E-state index < -0.39 is 17.4 Å². The second-order valence-corrected chi connectivity index (χ2v) is 5.31. The predicted molar refractivity (Wildman–Crippen MR) is 80.8 cm³/mol. The van der Waals surface area contributed by atoms with E-state index in [-0.39, 0.29) is 17.1 Å². The number of phenols is 1. The van der Waals surface area contributed by atoms with Crippen molar-refractivity contribution in [1.29, 1.82) is 0 Å². The van der Waals surface area contributed by atoms with Gasteiger partial charge in [-0.1, -0.05) is 11.6 Å². The maximum absolute atomic E-state index is 12.6. The molecule has 0 unspecified atom stereocenters. The monoisotopic (exact) mass is 355 g/mol. The van der Waals surface area contributed by atoms with Crippen molar-refractivity contribution >= 4 is 11.6 Å². The highest BCUT2D eigenvalue weighted by Gasteiger charge is 2.30. The standard InChI is InChI=1S/C15H9ClF3N3O2/c16-10-3-6-13(23)12(7-10)21-8-20-22(14(21)24)11-4-1-9(2-5-11)15(17,18)19/h1-8,23H. The molecule has 9 heteroatoms. The summed E-state index contributed by atoms with van der Waals surface area (Å²) >= 11 is 5.84. The normalized spacial score (nSPS) is 11.7. The molecule has 2 aromatic carbocycles. The summed E-state index contributed by atoms with van der Waals surface area (Å²) in [6.45, 7) is 0. The third-order valence-corrected chi connectivity index (χ3v) is 3.54. The van der Waals surface area contributed by atoms with Crippen LogP contribution in [-0.2, 0) is 6.18 Å². The van der Waals surface area contributed by atoms with Crippen molar-refractivity contribution in [3.8, 4) is 17.1 Å². The topological polar surface area (TPSA) is 60.1 Å². The van der Waals surface area contributed by atoms with Crippen LogP contribution in [0.4, 0.5) is 13.2 Å². The Labute approximate surface area is 138 Å². The molecular weight excluding hydrogens is 347 g/mol. The van der Waals surface area contributed by atoms with Crippen LogP contribution in [0.3, 0.4) is 0 Å². The quantitative estimate of drug-likeness (QED) is 0.766. The Morgan fingerprint density at radius 3 is 2.38 bits per heavy atom. The first kappa shape index (κ1) is 16.1. The molecule has 0 radical (unpaired) electrons. The summed E-state index contributed by atoms with van der Waals surface area (Å²) < 4.78 is 39.7. The van der Waals surface area contributed by atoms with Crippen molar-refractivity contribution < 1.29 is 18.3 Å². The summed E-state index contributed by atoms with van der Waals surface area (Å²) in [5.74, 6) is -0.187. The minimum Gasteiger partial charge on any atom is -0.506 e. The van der Waals surface area contributed by atoms with E-state index in [0.717, 1.165) is 39.8 Å². The Kier molecular flexibility index (Phi) is 3.84. The van der Waals surface area contributed by atoms with E-state index in [1.807, 2.05) is 0 Å². The van der Waals surface area contributed by atoms with E-state index >= 15 is 0 Å². The van der Waals surface area contributed by atoms with Crippen molar-refractivity contribution in [1.82, 2.24) is 14.3 Å². The molecule has 0 fully saturated rings. The van der Waals surface area contributed by atoms with Crippen LogP contribution in [0.2, 0.25) is 5.02 Å². The molecule has 1 aromatic heterocycles. The van der Waals surface area contributed by atoms with E-state index in [0.29, 0.717) is 5.02 Å². The zero-order chi connectivity index (χ0) is 17.5. The van der Waals surface area contributed by atoms with E-state index in [1.165, 1.54) is 18.2 Å². The number of alkyl halides is 3. The van der Waals surface area contributed by atoms with Gasteiger partial charge in [-0.2, -0.15) is 23.0 Å². The molecule has 0 amide bonds. The number of hydrogen-bond donors (Lipinski definition) is 1. The van der Waals surface area contributed by atoms with Crippen LogP contribution in [0.1, 0.15) is 5.56 Å². The Hall–Kier alpha value is -2.74. The number of aromatic nitrogens is 3. The van der Waals surface area contributed by atoms with Crippen LogP contribution < -0.4 is 5.69 Å². The Morgan fingerprint density at radius 2 is 1.75 bits per heavy atom. The Morgan fingerprint density at radius 1 is 1.08 bits per heavy atom. The molecule has 0 aliphatic carbocycles. The highest BCUT2D eigenvalue weighted by molar-refractivity contribution is 6.30. The van der Waals surface area contributed by atoms with Crippen LogP contribution in [0.15, 0.2) is 53.6 Å². The average molecular weight is 356 g/mol. The molecule has 0 aliphatic rings. The van der Waals surface area contributed by atoms with Crippen LogP contribution in [0.25, 0.3) is 11.4 Å². The molecule has 0 bridgehead atoms. The van der Waals surface area contributed by atoms with Crippen LogP contribution in [0.5, 0.6) is 5.75 Å². The molecule has 0 saturated carbocycles. The molecule has 124 valence electrons. The van der Waals surface area contributed by atoms with Crippen LogP contribution in [0, 0.1) is 0 Å². The van der Waals surface area contributed by atoms with Crippen molar-refractivity contribution in [2.75, 3.05) is 0 Å². The van der Waals surface area contributed by atoms with Gasteiger partial charge < -0.3 is 5.11 Å². The van der Waals surface area contributed by atoms with Gasteiger partial charge in [0.25, 0.3) is 0 Å². The van der Waals surface area contributed by atoms with Gasteiger partial charge in [-0.3, -0.25) is 0 Å². The number of nitrogens with zero attached hydrogens (tertiary/aromatic N) is 3. The van der Waals surface area contributed by atoms with E-state index in [9.17, 15) is 23.1 Å². The molecule has 24 heavy (non-hydrogen) atoms. The number of halogens is 4. The van der Waals surface area contributed by atoms with Crippen molar-refractivity contribution in [2.45, 2.75) is 6.18 Å². The van der Waals surface area contributed by atoms with Crippen molar-refractivity contribution in [3.63, 3.8) is 0 Å². The summed E-state index contributed by atoms with van der Waals surface area (Å²) in [5.41, 5.74) is -1.21. The summed E-state index contributed by atoms with van der Waals surface area (Å²) in [6.07, 6.45) is -3.32.